The number of benzene rings is 2. The standard InChI is InChI=1S/C17H16O3/c1-12(18)15-10-6-7-11-16(15)13(2)20-17(19)14-8-4-3-5-9-14/h3-11,13H,1-2H3. The molecule has 0 fully saturated rings. The van der Waals surface area contributed by atoms with Crippen LogP contribution in [0.15, 0.2) is 54.6 Å². The van der Waals surface area contributed by atoms with Crippen LogP contribution in [0.3, 0.4) is 0 Å². The fraction of sp³-hybridized carbons (Fsp3) is 0.176. The largest absolute Gasteiger partial charge is 0.454 e. The van der Waals surface area contributed by atoms with Gasteiger partial charge in [-0.2, -0.15) is 0 Å². The second kappa shape index (κ2) is 6.15. The normalized spacial score (nSPS) is 11.7. The summed E-state index contributed by atoms with van der Waals surface area (Å²) in [6, 6.07) is 16.0. The summed E-state index contributed by atoms with van der Waals surface area (Å²) in [5.41, 5.74) is 1.81. The third-order valence-electron chi connectivity index (χ3n) is 3.07. The molecule has 0 aromatic heterocycles. The maximum atomic E-state index is 12.0. The molecule has 3 nitrogen and oxygen atoms in total. The molecule has 3 heteroatoms. The molecule has 0 N–H and O–H groups in total. The summed E-state index contributed by atoms with van der Waals surface area (Å²) in [4.78, 5) is 23.6. The van der Waals surface area contributed by atoms with Gasteiger partial charge in [0.15, 0.2) is 5.78 Å². The maximum absolute atomic E-state index is 12.0. The van der Waals surface area contributed by atoms with Gasteiger partial charge in [-0.25, -0.2) is 4.79 Å². The van der Waals surface area contributed by atoms with Crippen LogP contribution >= 0.6 is 0 Å². The quantitative estimate of drug-likeness (QED) is 0.625. The highest BCUT2D eigenvalue weighted by atomic mass is 16.5. The Morgan fingerprint density at radius 2 is 1.55 bits per heavy atom. The van der Waals surface area contributed by atoms with Gasteiger partial charge < -0.3 is 4.74 Å². The van der Waals surface area contributed by atoms with Gasteiger partial charge in [-0.3, -0.25) is 4.79 Å². The van der Waals surface area contributed by atoms with E-state index in [1.54, 1.807) is 49.4 Å². The number of esters is 1. The fourth-order valence-corrected chi connectivity index (χ4v) is 2.04. The molecule has 0 saturated carbocycles. The van der Waals surface area contributed by atoms with Gasteiger partial charge in [0.05, 0.1) is 5.56 Å². The van der Waals surface area contributed by atoms with Crippen molar-refractivity contribution in [3.05, 3.63) is 71.3 Å². The number of ether oxygens (including phenoxy) is 1. The molecule has 20 heavy (non-hydrogen) atoms. The lowest BCUT2D eigenvalue weighted by Gasteiger charge is -2.16. The zero-order valence-corrected chi connectivity index (χ0v) is 11.5. The Bertz CT molecular complexity index is 617. The lowest BCUT2D eigenvalue weighted by molar-refractivity contribution is 0.0335. The minimum atomic E-state index is -0.470. The Morgan fingerprint density at radius 1 is 0.950 bits per heavy atom. The van der Waals surface area contributed by atoms with Gasteiger partial charge in [-0.05, 0) is 26.0 Å². The van der Waals surface area contributed by atoms with E-state index >= 15 is 0 Å². The molecule has 102 valence electrons. The summed E-state index contributed by atoms with van der Waals surface area (Å²) < 4.78 is 5.42. The average Bonchev–Trinajstić information content (AvgIpc) is 2.48. The van der Waals surface area contributed by atoms with E-state index in [0.717, 1.165) is 5.56 Å². The van der Waals surface area contributed by atoms with E-state index in [1.165, 1.54) is 6.92 Å². The molecule has 2 aromatic rings. The van der Waals surface area contributed by atoms with Crippen molar-refractivity contribution in [3.63, 3.8) is 0 Å². The topological polar surface area (TPSA) is 43.4 Å². The van der Waals surface area contributed by atoms with Gasteiger partial charge in [-0.1, -0.05) is 42.5 Å². The van der Waals surface area contributed by atoms with E-state index in [9.17, 15) is 9.59 Å². The minimum absolute atomic E-state index is 0.0387. The van der Waals surface area contributed by atoms with Crippen molar-refractivity contribution in [3.8, 4) is 0 Å². The molecule has 0 aliphatic heterocycles. The number of ketones is 1. The van der Waals surface area contributed by atoms with E-state index in [2.05, 4.69) is 0 Å². The molecule has 0 aliphatic carbocycles. The number of rotatable bonds is 4. The number of carbonyl (C=O) groups is 2. The molecule has 0 saturated heterocycles. The first kappa shape index (κ1) is 14.0. The van der Waals surface area contributed by atoms with Gasteiger partial charge in [0.25, 0.3) is 0 Å². The van der Waals surface area contributed by atoms with E-state index in [1.807, 2.05) is 12.1 Å². The van der Waals surface area contributed by atoms with Crippen LogP contribution in [0, 0.1) is 0 Å². The van der Waals surface area contributed by atoms with Crippen molar-refractivity contribution >= 4 is 11.8 Å². The number of carbonyl (C=O) groups excluding carboxylic acids is 2. The Labute approximate surface area is 118 Å². The lowest BCUT2D eigenvalue weighted by Crippen LogP contribution is -2.12. The summed E-state index contributed by atoms with van der Waals surface area (Å²) in [5, 5.41) is 0. The summed E-state index contributed by atoms with van der Waals surface area (Å²) in [7, 11) is 0. The molecular weight excluding hydrogens is 252 g/mol. The van der Waals surface area contributed by atoms with Gasteiger partial charge in [-0.15, -0.1) is 0 Å². The van der Waals surface area contributed by atoms with Crippen molar-refractivity contribution in [2.24, 2.45) is 0 Å². The molecule has 0 bridgehead atoms. The maximum Gasteiger partial charge on any atom is 0.338 e. The van der Waals surface area contributed by atoms with Crippen LogP contribution in [0.4, 0.5) is 0 Å². The third-order valence-corrected chi connectivity index (χ3v) is 3.07. The van der Waals surface area contributed by atoms with Crippen molar-refractivity contribution in [2.75, 3.05) is 0 Å². The van der Waals surface area contributed by atoms with Crippen LogP contribution in [-0.4, -0.2) is 11.8 Å². The number of Topliss-reactive ketones (excluding diaryl/α,β-unsaturated/α-hetero) is 1. The molecule has 0 heterocycles. The minimum Gasteiger partial charge on any atom is -0.454 e. The predicted octanol–water partition coefficient (Wildman–Crippen LogP) is 3.81. The second-order valence-electron chi connectivity index (χ2n) is 4.56. The highest BCUT2D eigenvalue weighted by Gasteiger charge is 2.17. The predicted molar refractivity (Wildman–Crippen MR) is 76.7 cm³/mol. The van der Waals surface area contributed by atoms with E-state index in [-0.39, 0.29) is 5.78 Å². The summed E-state index contributed by atoms with van der Waals surface area (Å²) in [6.45, 7) is 3.27. The Morgan fingerprint density at radius 3 is 2.20 bits per heavy atom. The van der Waals surface area contributed by atoms with Crippen LogP contribution in [-0.2, 0) is 4.74 Å². The Kier molecular flexibility index (Phi) is 4.31. The first-order valence-corrected chi connectivity index (χ1v) is 6.45. The molecule has 0 radical (unpaired) electrons. The fourth-order valence-electron chi connectivity index (χ4n) is 2.04. The van der Waals surface area contributed by atoms with E-state index < -0.39 is 12.1 Å². The highest BCUT2D eigenvalue weighted by molar-refractivity contribution is 5.96. The van der Waals surface area contributed by atoms with E-state index in [4.69, 9.17) is 4.74 Å². The number of hydrogen-bond donors (Lipinski definition) is 0. The molecule has 2 aromatic carbocycles. The zero-order valence-electron chi connectivity index (χ0n) is 11.5. The Hall–Kier alpha value is -2.42. The Balaban J connectivity index is 2.19. The van der Waals surface area contributed by atoms with Crippen LogP contribution in [0.2, 0.25) is 0 Å². The first-order valence-electron chi connectivity index (χ1n) is 6.45. The SMILES string of the molecule is CC(=O)c1ccccc1C(C)OC(=O)c1ccccc1. The first-order chi connectivity index (χ1) is 9.59. The molecule has 0 amide bonds. The summed E-state index contributed by atoms with van der Waals surface area (Å²) in [5.74, 6) is -0.431. The van der Waals surface area contributed by atoms with Crippen LogP contribution < -0.4 is 0 Å². The second-order valence-corrected chi connectivity index (χ2v) is 4.56. The molecular formula is C17H16O3. The van der Waals surface area contributed by atoms with Gasteiger partial charge in [0, 0.05) is 11.1 Å². The lowest BCUT2D eigenvalue weighted by atomic mass is 10.0. The van der Waals surface area contributed by atoms with Crippen molar-refractivity contribution in [1.82, 2.24) is 0 Å². The molecule has 0 aliphatic rings. The summed E-state index contributed by atoms with van der Waals surface area (Å²) >= 11 is 0. The smallest absolute Gasteiger partial charge is 0.338 e. The third kappa shape index (κ3) is 3.12. The van der Waals surface area contributed by atoms with Gasteiger partial charge in [0.1, 0.15) is 6.10 Å². The van der Waals surface area contributed by atoms with Crippen LogP contribution in [0.25, 0.3) is 0 Å². The molecule has 2 rings (SSSR count). The van der Waals surface area contributed by atoms with Crippen molar-refractivity contribution in [1.29, 1.82) is 0 Å². The monoisotopic (exact) mass is 268 g/mol. The average molecular weight is 268 g/mol. The molecule has 0 spiro atoms. The van der Waals surface area contributed by atoms with Crippen molar-refractivity contribution < 1.29 is 14.3 Å². The number of hydrogen-bond acceptors (Lipinski definition) is 3. The van der Waals surface area contributed by atoms with E-state index in [0.29, 0.717) is 11.1 Å². The summed E-state index contributed by atoms with van der Waals surface area (Å²) in [6.07, 6.45) is -0.470. The zero-order chi connectivity index (χ0) is 14.5. The highest BCUT2D eigenvalue weighted by Crippen LogP contribution is 2.22. The molecule has 1 atom stereocenters. The van der Waals surface area contributed by atoms with Crippen LogP contribution in [0.1, 0.15) is 46.2 Å². The van der Waals surface area contributed by atoms with Crippen LogP contribution in [0.5, 0.6) is 0 Å². The van der Waals surface area contributed by atoms with Crippen molar-refractivity contribution in [2.45, 2.75) is 20.0 Å². The van der Waals surface area contributed by atoms with Gasteiger partial charge in [0.2, 0.25) is 0 Å². The molecule has 1 unspecified atom stereocenters. The van der Waals surface area contributed by atoms with Gasteiger partial charge >= 0.3 is 5.97 Å².